The largest absolute Gasteiger partial charge is 0.338 e. The number of nitrogens with zero attached hydrogens (tertiary/aromatic N) is 3. The number of hydrogen-bond donors (Lipinski definition) is 1. The number of rotatable bonds is 2. The highest BCUT2D eigenvalue weighted by Crippen LogP contribution is 2.29. The topological polar surface area (TPSA) is 64.2 Å². The maximum Gasteiger partial charge on any atom is 0.257 e. The Labute approximate surface area is 102 Å². The van der Waals surface area contributed by atoms with Gasteiger partial charge in [-0.3, -0.25) is 9.48 Å². The van der Waals surface area contributed by atoms with Crippen LogP contribution in [0.15, 0.2) is 6.20 Å². The Balaban J connectivity index is 2.15. The van der Waals surface area contributed by atoms with Gasteiger partial charge in [0.25, 0.3) is 5.91 Å². The number of hydrogen-bond acceptors (Lipinski definition) is 3. The van der Waals surface area contributed by atoms with Crippen LogP contribution in [0.5, 0.6) is 0 Å². The van der Waals surface area contributed by atoms with Crippen molar-refractivity contribution in [1.29, 1.82) is 0 Å². The molecule has 0 aliphatic carbocycles. The summed E-state index contributed by atoms with van der Waals surface area (Å²) in [6.45, 7) is 6.22. The van der Waals surface area contributed by atoms with Gasteiger partial charge in [0.05, 0.1) is 11.8 Å². The van der Waals surface area contributed by atoms with Crippen LogP contribution in [0.3, 0.4) is 0 Å². The molecule has 0 spiro atoms. The van der Waals surface area contributed by atoms with E-state index in [1.807, 2.05) is 18.9 Å². The molecule has 1 amide bonds. The minimum absolute atomic E-state index is 0.0752. The quantitative estimate of drug-likeness (QED) is 0.815. The van der Waals surface area contributed by atoms with Crippen LogP contribution in [-0.2, 0) is 7.05 Å². The van der Waals surface area contributed by atoms with E-state index >= 15 is 0 Å². The predicted octanol–water partition coefficient (Wildman–Crippen LogP) is 0.539. The first kappa shape index (κ1) is 12.1. The predicted molar refractivity (Wildman–Crippen MR) is 65.6 cm³/mol. The number of carbonyl (C=O) groups excluding carboxylic acids is 1. The monoisotopic (exact) mass is 236 g/mol. The molecule has 1 unspecified atom stereocenters. The van der Waals surface area contributed by atoms with Gasteiger partial charge in [-0.2, -0.15) is 5.10 Å². The summed E-state index contributed by atoms with van der Waals surface area (Å²) in [4.78, 5) is 14.2. The summed E-state index contributed by atoms with van der Waals surface area (Å²) in [7, 11) is 1.85. The van der Waals surface area contributed by atoms with Gasteiger partial charge in [0.15, 0.2) is 0 Å². The first-order valence-corrected chi connectivity index (χ1v) is 5.95. The summed E-state index contributed by atoms with van der Waals surface area (Å²) in [6, 6.07) is 0. The SMILES string of the molecule is Cc1c(C(=O)N2CCC(C)(CN)C2)cnn1C. The number of aryl methyl sites for hydroxylation is 1. The number of carbonyl (C=O) groups is 1. The minimum Gasteiger partial charge on any atom is -0.338 e. The van der Waals surface area contributed by atoms with Crippen LogP contribution in [0, 0.1) is 12.3 Å². The molecule has 5 heteroatoms. The van der Waals surface area contributed by atoms with E-state index in [1.165, 1.54) is 0 Å². The Kier molecular flexibility index (Phi) is 2.95. The lowest BCUT2D eigenvalue weighted by molar-refractivity contribution is 0.0776. The molecule has 2 heterocycles. The van der Waals surface area contributed by atoms with Crippen molar-refractivity contribution in [3.05, 3.63) is 17.5 Å². The Morgan fingerprint density at radius 1 is 1.65 bits per heavy atom. The molecule has 0 radical (unpaired) electrons. The van der Waals surface area contributed by atoms with Crippen LogP contribution in [0.1, 0.15) is 29.4 Å². The lowest BCUT2D eigenvalue weighted by Gasteiger charge is -2.22. The maximum absolute atomic E-state index is 12.3. The standard InChI is InChI=1S/C12H20N4O/c1-9-10(6-14-15(9)3)11(17)16-5-4-12(2,7-13)8-16/h6H,4-5,7-8,13H2,1-3H3. The van der Waals surface area contributed by atoms with Gasteiger partial charge in [-0.05, 0) is 25.3 Å². The molecule has 1 aromatic rings. The molecular formula is C12H20N4O. The first-order chi connectivity index (χ1) is 7.97. The van der Waals surface area contributed by atoms with E-state index in [2.05, 4.69) is 12.0 Å². The molecule has 17 heavy (non-hydrogen) atoms. The van der Waals surface area contributed by atoms with Crippen molar-refractivity contribution in [3.8, 4) is 0 Å². The van der Waals surface area contributed by atoms with Crippen molar-refractivity contribution in [3.63, 3.8) is 0 Å². The second kappa shape index (κ2) is 4.14. The summed E-state index contributed by atoms with van der Waals surface area (Å²) in [5, 5.41) is 4.11. The lowest BCUT2D eigenvalue weighted by Crippen LogP contribution is -2.34. The molecule has 94 valence electrons. The third-order valence-electron chi connectivity index (χ3n) is 3.80. The number of nitrogens with two attached hydrogens (primary N) is 1. The van der Waals surface area contributed by atoms with E-state index in [9.17, 15) is 4.79 Å². The molecule has 1 aliphatic heterocycles. The molecule has 0 aromatic carbocycles. The van der Waals surface area contributed by atoms with E-state index in [-0.39, 0.29) is 11.3 Å². The van der Waals surface area contributed by atoms with Crippen molar-refractivity contribution in [2.75, 3.05) is 19.6 Å². The van der Waals surface area contributed by atoms with Gasteiger partial charge < -0.3 is 10.6 Å². The van der Waals surface area contributed by atoms with E-state index in [0.717, 1.165) is 25.2 Å². The summed E-state index contributed by atoms with van der Waals surface area (Å²) >= 11 is 0. The molecule has 1 atom stereocenters. The highest BCUT2D eigenvalue weighted by atomic mass is 16.2. The highest BCUT2D eigenvalue weighted by Gasteiger charge is 2.35. The molecule has 0 bridgehead atoms. The Morgan fingerprint density at radius 2 is 2.35 bits per heavy atom. The lowest BCUT2D eigenvalue weighted by atomic mass is 9.90. The van der Waals surface area contributed by atoms with Crippen molar-refractivity contribution in [2.24, 2.45) is 18.2 Å². The summed E-state index contributed by atoms with van der Waals surface area (Å²) in [5.41, 5.74) is 7.44. The van der Waals surface area contributed by atoms with Crippen LogP contribution in [0.25, 0.3) is 0 Å². The Morgan fingerprint density at radius 3 is 2.82 bits per heavy atom. The van der Waals surface area contributed by atoms with Crippen LogP contribution in [0.4, 0.5) is 0 Å². The number of aromatic nitrogens is 2. The van der Waals surface area contributed by atoms with Gasteiger partial charge in [-0.1, -0.05) is 6.92 Å². The highest BCUT2D eigenvalue weighted by molar-refractivity contribution is 5.95. The molecule has 0 saturated carbocycles. The van der Waals surface area contributed by atoms with Gasteiger partial charge in [0, 0.05) is 25.8 Å². The van der Waals surface area contributed by atoms with E-state index < -0.39 is 0 Å². The number of amides is 1. The Hall–Kier alpha value is -1.36. The second-order valence-electron chi connectivity index (χ2n) is 5.26. The van der Waals surface area contributed by atoms with Gasteiger partial charge in [0.1, 0.15) is 0 Å². The van der Waals surface area contributed by atoms with E-state index in [4.69, 9.17) is 5.73 Å². The fraction of sp³-hybridized carbons (Fsp3) is 0.667. The number of likely N-dealkylation sites (tertiary alicyclic amines) is 1. The molecule has 1 saturated heterocycles. The average Bonchev–Trinajstić information content (AvgIpc) is 2.85. The molecule has 5 nitrogen and oxygen atoms in total. The summed E-state index contributed by atoms with van der Waals surface area (Å²) < 4.78 is 1.73. The molecule has 2 rings (SSSR count). The minimum atomic E-state index is 0.0752. The van der Waals surface area contributed by atoms with Gasteiger partial charge >= 0.3 is 0 Å². The smallest absolute Gasteiger partial charge is 0.257 e. The Bertz CT molecular complexity index is 440. The molecule has 1 fully saturated rings. The summed E-state index contributed by atoms with van der Waals surface area (Å²) in [6.07, 6.45) is 2.63. The first-order valence-electron chi connectivity index (χ1n) is 5.95. The molecule has 2 N–H and O–H groups in total. The average molecular weight is 236 g/mol. The van der Waals surface area contributed by atoms with Crippen LogP contribution < -0.4 is 5.73 Å². The van der Waals surface area contributed by atoms with Gasteiger partial charge in [-0.25, -0.2) is 0 Å². The third kappa shape index (κ3) is 2.07. The van der Waals surface area contributed by atoms with Crippen LogP contribution in [0.2, 0.25) is 0 Å². The second-order valence-corrected chi connectivity index (χ2v) is 5.26. The van der Waals surface area contributed by atoms with Crippen molar-refractivity contribution >= 4 is 5.91 Å². The molecule has 1 aromatic heterocycles. The van der Waals surface area contributed by atoms with Gasteiger partial charge in [0.2, 0.25) is 0 Å². The molecular weight excluding hydrogens is 216 g/mol. The normalized spacial score (nSPS) is 24.4. The zero-order chi connectivity index (χ0) is 12.6. The van der Waals surface area contributed by atoms with Gasteiger partial charge in [-0.15, -0.1) is 0 Å². The zero-order valence-electron chi connectivity index (χ0n) is 10.7. The van der Waals surface area contributed by atoms with E-state index in [1.54, 1.807) is 10.9 Å². The molecule has 1 aliphatic rings. The van der Waals surface area contributed by atoms with Crippen LogP contribution >= 0.6 is 0 Å². The van der Waals surface area contributed by atoms with E-state index in [0.29, 0.717) is 12.1 Å². The fourth-order valence-electron chi connectivity index (χ4n) is 2.24. The van der Waals surface area contributed by atoms with Crippen molar-refractivity contribution in [2.45, 2.75) is 20.3 Å². The van der Waals surface area contributed by atoms with Crippen molar-refractivity contribution < 1.29 is 4.79 Å². The maximum atomic E-state index is 12.3. The fourth-order valence-corrected chi connectivity index (χ4v) is 2.24. The third-order valence-corrected chi connectivity index (χ3v) is 3.80. The van der Waals surface area contributed by atoms with Crippen molar-refractivity contribution in [1.82, 2.24) is 14.7 Å². The van der Waals surface area contributed by atoms with Crippen LogP contribution in [-0.4, -0.2) is 40.2 Å². The zero-order valence-corrected chi connectivity index (χ0v) is 10.7. The summed E-state index contributed by atoms with van der Waals surface area (Å²) in [5.74, 6) is 0.0766.